The molecule has 0 amide bonds. The van der Waals surface area contributed by atoms with Gasteiger partial charge >= 0.3 is 0 Å². The first kappa shape index (κ1) is 52.5. The second kappa shape index (κ2) is 23.1. The minimum atomic E-state index is 0.0370. The molecule has 9 aromatic rings. The van der Waals surface area contributed by atoms with Crippen molar-refractivity contribution in [1.82, 2.24) is 0 Å². The Labute approximate surface area is 456 Å². The van der Waals surface area contributed by atoms with E-state index in [1.54, 1.807) is 11.3 Å². The number of fused-ring (bicyclic) bond motifs is 4. The SMILES string of the molecule is CCCCCCc1cc(C)sc1-c1sc2cccc3c4c(-c5sc(-c6sc(C)c7c6C(=O)c6cc(CC(CC)CCCC)c(CC(CC)CCCC)cc6C7=O)cc5CCCCCC)sc5cccc(c1c23)c54. The van der Waals surface area contributed by atoms with Crippen molar-refractivity contribution < 1.29 is 9.59 Å². The highest BCUT2D eigenvalue weighted by atomic mass is 32.1. The van der Waals surface area contributed by atoms with Gasteiger partial charge in [-0.15, -0.1) is 56.7 Å². The van der Waals surface area contributed by atoms with Crippen molar-refractivity contribution in [3.8, 4) is 29.3 Å². The maximum atomic E-state index is 15.4. The molecule has 0 saturated carbocycles. The molecule has 10 rings (SSSR count). The van der Waals surface area contributed by atoms with E-state index in [1.165, 1.54) is 172 Å². The van der Waals surface area contributed by atoms with E-state index in [9.17, 15) is 0 Å². The van der Waals surface area contributed by atoms with Crippen LogP contribution in [0.1, 0.15) is 208 Å². The van der Waals surface area contributed by atoms with Gasteiger partial charge in [0.05, 0.1) is 20.2 Å². The van der Waals surface area contributed by atoms with Crippen LogP contribution in [-0.4, -0.2) is 11.6 Å². The van der Waals surface area contributed by atoms with E-state index in [4.69, 9.17) is 0 Å². The molecular formula is C66H76O2S5. The number of rotatable bonds is 25. The minimum Gasteiger partial charge on any atom is -0.289 e. The largest absolute Gasteiger partial charge is 0.289 e. The molecule has 2 nitrogen and oxygen atoms in total. The van der Waals surface area contributed by atoms with Crippen LogP contribution in [0.15, 0.2) is 60.7 Å². The highest BCUT2D eigenvalue weighted by molar-refractivity contribution is 7.30. The molecule has 4 aromatic carbocycles. The Morgan fingerprint density at radius 3 is 1.44 bits per heavy atom. The lowest BCUT2D eigenvalue weighted by molar-refractivity contribution is 0.0980. The number of hydrogen-bond donors (Lipinski definition) is 0. The number of carbonyl (C=O) groups excluding carboxylic acids is 2. The van der Waals surface area contributed by atoms with E-state index in [0.29, 0.717) is 34.1 Å². The first-order chi connectivity index (χ1) is 35.6. The topological polar surface area (TPSA) is 34.1 Å². The van der Waals surface area contributed by atoms with Gasteiger partial charge in [0.1, 0.15) is 0 Å². The summed E-state index contributed by atoms with van der Waals surface area (Å²) in [6.07, 6.45) is 23.4. The lowest BCUT2D eigenvalue weighted by atomic mass is 9.78. The quantitative estimate of drug-likeness (QED) is 0.0422. The summed E-state index contributed by atoms with van der Waals surface area (Å²) in [5.74, 6) is 1.21. The Hall–Kier alpha value is -3.98. The van der Waals surface area contributed by atoms with Crippen molar-refractivity contribution in [2.24, 2.45) is 11.8 Å². The summed E-state index contributed by atoms with van der Waals surface area (Å²) in [6, 6.07) is 23.3. The van der Waals surface area contributed by atoms with Crippen molar-refractivity contribution in [3.63, 3.8) is 0 Å². The number of aryl methyl sites for hydroxylation is 4. The minimum absolute atomic E-state index is 0.0370. The van der Waals surface area contributed by atoms with Crippen molar-refractivity contribution in [3.05, 3.63) is 115 Å². The molecule has 0 aliphatic heterocycles. The summed E-state index contributed by atoms with van der Waals surface area (Å²) in [7, 11) is 0. The van der Waals surface area contributed by atoms with E-state index in [0.717, 1.165) is 59.6 Å². The molecule has 0 spiro atoms. The Balaban J connectivity index is 1.11. The van der Waals surface area contributed by atoms with Gasteiger partial charge in [-0.2, -0.15) is 0 Å². The lowest BCUT2D eigenvalue weighted by Crippen LogP contribution is -2.22. The second-order valence-corrected chi connectivity index (χ2v) is 27.2. The smallest absolute Gasteiger partial charge is 0.196 e. The van der Waals surface area contributed by atoms with Gasteiger partial charge in [0.15, 0.2) is 11.6 Å². The van der Waals surface area contributed by atoms with Crippen LogP contribution in [0.3, 0.4) is 0 Å². The van der Waals surface area contributed by atoms with Gasteiger partial charge in [0, 0.05) is 72.0 Å². The average Bonchev–Trinajstić information content (AvgIpc) is 4.25. The third-order valence-corrected chi connectivity index (χ3v) is 22.6. The van der Waals surface area contributed by atoms with E-state index in [-0.39, 0.29) is 11.6 Å². The summed E-state index contributed by atoms with van der Waals surface area (Å²) < 4.78 is 2.70. The summed E-state index contributed by atoms with van der Waals surface area (Å²) in [4.78, 5) is 40.6. The summed E-state index contributed by atoms with van der Waals surface area (Å²) in [5.41, 5.74) is 8.02. The van der Waals surface area contributed by atoms with Gasteiger partial charge in [-0.1, -0.05) is 156 Å². The van der Waals surface area contributed by atoms with Gasteiger partial charge in [0.2, 0.25) is 0 Å². The summed E-state index contributed by atoms with van der Waals surface area (Å²) in [6.45, 7) is 18.2. The molecule has 5 aromatic heterocycles. The van der Waals surface area contributed by atoms with E-state index in [2.05, 4.69) is 116 Å². The van der Waals surface area contributed by atoms with Crippen LogP contribution in [0.5, 0.6) is 0 Å². The molecule has 1 aliphatic rings. The zero-order chi connectivity index (χ0) is 50.9. The molecule has 0 radical (unpaired) electrons. The van der Waals surface area contributed by atoms with Crippen LogP contribution < -0.4 is 0 Å². The lowest BCUT2D eigenvalue weighted by Gasteiger charge is -2.24. The molecule has 382 valence electrons. The van der Waals surface area contributed by atoms with Crippen LogP contribution in [0.25, 0.3) is 71.0 Å². The van der Waals surface area contributed by atoms with Crippen LogP contribution in [-0.2, 0) is 25.7 Å². The first-order valence-corrected chi connectivity index (χ1v) is 32.4. The number of hydrogen-bond acceptors (Lipinski definition) is 7. The van der Waals surface area contributed by atoms with Crippen molar-refractivity contribution in [2.45, 2.75) is 184 Å². The van der Waals surface area contributed by atoms with Gasteiger partial charge in [-0.05, 0) is 134 Å². The fraction of sp³-hybridized carbons (Fsp3) is 0.455. The number of ketones is 2. The summed E-state index contributed by atoms with van der Waals surface area (Å²) in [5, 5.41) is 8.32. The van der Waals surface area contributed by atoms with E-state index < -0.39 is 0 Å². The van der Waals surface area contributed by atoms with Gasteiger partial charge in [-0.3, -0.25) is 9.59 Å². The van der Waals surface area contributed by atoms with Crippen LogP contribution in [0.2, 0.25) is 0 Å². The third-order valence-electron chi connectivity index (χ3n) is 16.4. The first-order valence-electron chi connectivity index (χ1n) is 28.4. The van der Waals surface area contributed by atoms with E-state index in [1.807, 2.05) is 45.3 Å². The zero-order valence-electron chi connectivity index (χ0n) is 44.9. The maximum Gasteiger partial charge on any atom is 0.196 e. The summed E-state index contributed by atoms with van der Waals surface area (Å²) >= 11 is 9.46. The molecule has 0 bridgehead atoms. The Kier molecular flexibility index (Phi) is 16.6. The third kappa shape index (κ3) is 10.0. The molecule has 0 N–H and O–H groups in total. The molecule has 73 heavy (non-hydrogen) atoms. The van der Waals surface area contributed by atoms with Crippen molar-refractivity contribution >= 4 is 110 Å². The molecule has 2 atom stereocenters. The highest BCUT2D eigenvalue weighted by Gasteiger charge is 2.38. The van der Waals surface area contributed by atoms with Gasteiger partial charge in [0.25, 0.3) is 0 Å². The molecule has 1 aliphatic carbocycles. The second-order valence-electron chi connectivity index (χ2n) is 21.6. The van der Waals surface area contributed by atoms with Crippen LogP contribution >= 0.6 is 56.7 Å². The Morgan fingerprint density at radius 1 is 0.438 bits per heavy atom. The van der Waals surface area contributed by atoms with Crippen molar-refractivity contribution in [1.29, 1.82) is 0 Å². The van der Waals surface area contributed by atoms with Gasteiger partial charge < -0.3 is 0 Å². The van der Waals surface area contributed by atoms with E-state index >= 15 is 9.59 Å². The number of unbranched alkanes of at least 4 members (excludes halogenated alkanes) is 8. The molecule has 0 saturated heterocycles. The van der Waals surface area contributed by atoms with Crippen molar-refractivity contribution in [2.75, 3.05) is 0 Å². The predicted molar refractivity (Wildman–Crippen MR) is 326 cm³/mol. The molecular weight excluding hydrogens is 985 g/mol. The molecule has 2 unspecified atom stereocenters. The van der Waals surface area contributed by atoms with Crippen LogP contribution in [0.4, 0.5) is 0 Å². The number of benzene rings is 4. The molecule has 5 heterocycles. The Bertz CT molecular complexity index is 3410. The fourth-order valence-electron chi connectivity index (χ4n) is 12.3. The normalized spacial score (nSPS) is 13.7. The standard InChI is InChI=1S/C66H76O2S5/c1-9-15-19-21-27-43-33-39(7)69-62(43)65-57-47-29-23-32-52-56(47)58(48-30-24-31-51(71-65)55(48)57)66(72-52)63-44(28-22-20-16-10-2)38-53(73-63)64-59-54(40(8)70-64)60(67)49-36-45(34-41(13-5)25-17-11-3)46(37-50(49)61(59)68)35-42(14-6)26-18-12-4/h23-24,29-33,36-38,41-42H,9-22,25-28,34-35H2,1-8H3. The molecule has 0 fully saturated rings. The average molecular weight is 1060 g/mol. The van der Waals surface area contributed by atoms with Crippen LogP contribution in [0, 0.1) is 25.7 Å². The molecule has 7 heteroatoms. The zero-order valence-corrected chi connectivity index (χ0v) is 49.0. The fourth-order valence-corrected chi connectivity index (χ4v) is 18.7. The highest BCUT2D eigenvalue weighted by Crippen LogP contribution is 2.57. The maximum absolute atomic E-state index is 15.4. The predicted octanol–water partition coefficient (Wildman–Crippen LogP) is 22.2. The Morgan fingerprint density at radius 2 is 0.932 bits per heavy atom. The van der Waals surface area contributed by atoms with Gasteiger partial charge in [-0.25, -0.2) is 0 Å². The number of carbonyl (C=O) groups is 2. The number of thiophene rings is 5. The monoisotopic (exact) mass is 1060 g/mol.